The van der Waals surface area contributed by atoms with Crippen LogP contribution >= 0.6 is 24.0 Å². The first-order chi connectivity index (χ1) is 6.96. The molecule has 0 N–H and O–H groups in total. The Morgan fingerprint density at radius 3 is 2.67 bits per heavy atom. The predicted molar refractivity (Wildman–Crippen MR) is 64.1 cm³/mol. The van der Waals surface area contributed by atoms with Crippen molar-refractivity contribution < 1.29 is 13.2 Å². The van der Waals surface area contributed by atoms with Crippen molar-refractivity contribution in [2.75, 3.05) is 13.4 Å². The van der Waals surface area contributed by atoms with Gasteiger partial charge < -0.3 is 4.74 Å². The lowest BCUT2D eigenvalue weighted by molar-refractivity contribution is 0.181. The lowest BCUT2D eigenvalue weighted by atomic mass is 10.4. The van der Waals surface area contributed by atoms with Gasteiger partial charge in [-0.05, 0) is 0 Å². The molecule has 0 aliphatic heterocycles. The van der Waals surface area contributed by atoms with Gasteiger partial charge in [-0.15, -0.1) is 11.3 Å². The van der Waals surface area contributed by atoms with E-state index in [9.17, 15) is 8.42 Å². The van der Waals surface area contributed by atoms with E-state index in [0.29, 0.717) is 17.4 Å². The van der Waals surface area contributed by atoms with Gasteiger partial charge in [-0.2, -0.15) is 12.6 Å². The Morgan fingerprint density at radius 2 is 2.20 bits per heavy atom. The smallest absolute Gasteiger partial charge is 0.153 e. The van der Waals surface area contributed by atoms with E-state index in [2.05, 4.69) is 17.6 Å². The van der Waals surface area contributed by atoms with Gasteiger partial charge in [0.2, 0.25) is 0 Å². The molecule has 15 heavy (non-hydrogen) atoms. The Morgan fingerprint density at radius 1 is 1.53 bits per heavy atom. The first kappa shape index (κ1) is 13.0. The van der Waals surface area contributed by atoms with Crippen molar-refractivity contribution >= 4 is 33.8 Å². The molecule has 0 aromatic carbocycles. The minimum absolute atomic E-state index is 0.0117. The third-order valence-corrected chi connectivity index (χ3v) is 4.24. The molecule has 0 fully saturated rings. The number of methoxy groups -OCH3 is 1. The van der Waals surface area contributed by atoms with Crippen molar-refractivity contribution in [3.63, 3.8) is 0 Å². The molecule has 0 radical (unpaired) electrons. The third kappa shape index (κ3) is 4.10. The Hall–Kier alpha value is -0.110. The van der Waals surface area contributed by atoms with E-state index in [1.54, 1.807) is 7.11 Å². The number of sulfone groups is 1. The van der Waals surface area contributed by atoms with Crippen LogP contribution in [0.5, 0.6) is 0 Å². The molecule has 0 aliphatic carbocycles. The van der Waals surface area contributed by atoms with Crippen LogP contribution < -0.4 is 0 Å². The average Bonchev–Trinajstić information content (AvgIpc) is 2.45. The molecule has 0 aliphatic rings. The molecular weight excluding hydrogens is 254 g/mol. The molecule has 0 saturated carbocycles. The van der Waals surface area contributed by atoms with Crippen molar-refractivity contribution in [3.05, 3.63) is 15.6 Å². The summed E-state index contributed by atoms with van der Waals surface area (Å²) in [4.78, 5) is 5.19. The van der Waals surface area contributed by atoms with Gasteiger partial charge in [0.25, 0.3) is 0 Å². The van der Waals surface area contributed by atoms with Crippen LogP contribution in [-0.2, 0) is 32.7 Å². The highest BCUT2D eigenvalue weighted by atomic mass is 32.2. The molecule has 1 heterocycles. The van der Waals surface area contributed by atoms with E-state index in [1.165, 1.54) is 17.6 Å². The number of hydrogen-bond acceptors (Lipinski definition) is 6. The number of aromatic nitrogens is 1. The highest BCUT2D eigenvalue weighted by molar-refractivity contribution is 7.90. The van der Waals surface area contributed by atoms with E-state index in [-0.39, 0.29) is 5.75 Å². The standard InChI is InChI=1S/C8H13NO3S3/c1-12-3-6-7(4-13)14-8(9-6)5-15(2,10)11/h13H,3-5H2,1-2H3. The number of rotatable bonds is 5. The lowest BCUT2D eigenvalue weighted by Gasteiger charge is -1.95. The maximum atomic E-state index is 11.1. The molecule has 1 rings (SSSR count). The van der Waals surface area contributed by atoms with E-state index in [0.717, 1.165) is 10.6 Å². The summed E-state index contributed by atoms with van der Waals surface area (Å²) in [6, 6.07) is 0. The Bertz CT molecular complexity index is 424. The summed E-state index contributed by atoms with van der Waals surface area (Å²) in [5.41, 5.74) is 0.788. The number of nitrogens with zero attached hydrogens (tertiary/aromatic N) is 1. The van der Waals surface area contributed by atoms with Gasteiger partial charge in [0.1, 0.15) is 10.8 Å². The van der Waals surface area contributed by atoms with Crippen molar-refractivity contribution in [1.82, 2.24) is 4.98 Å². The molecule has 1 aromatic rings. The number of thiazole rings is 1. The monoisotopic (exact) mass is 267 g/mol. The zero-order chi connectivity index (χ0) is 11.5. The predicted octanol–water partition coefficient (Wildman–Crippen LogP) is 1.26. The molecule has 0 spiro atoms. The maximum Gasteiger partial charge on any atom is 0.153 e. The van der Waals surface area contributed by atoms with Crippen LogP contribution in [0.1, 0.15) is 15.6 Å². The van der Waals surface area contributed by atoms with Gasteiger partial charge in [-0.1, -0.05) is 0 Å². The van der Waals surface area contributed by atoms with Gasteiger partial charge >= 0.3 is 0 Å². The summed E-state index contributed by atoms with van der Waals surface area (Å²) in [6.45, 7) is 0.399. The molecule has 7 heteroatoms. The second-order valence-electron chi connectivity index (χ2n) is 3.14. The molecule has 0 amide bonds. The molecule has 0 atom stereocenters. The van der Waals surface area contributed by atoms with Gasteiger partial charge in [0.05, 0.1) is 12.3 Å². The third-order valence-electron chi connectivity index (χ3n) is 1.63. The zero-order valence-electron chi connectivity index (χ0n) is 8.56. The fraction of sp³-hybridized carbons (Fsp3) is 0.625. The van der Waals surface area contributed by atoms with Crippen LogP contribution in [0.3, 0.4) is 0 Å². The fourth-order valence-corrected chi connectivity index (χ4v) is 3.59. The van der Waals surface area contributed by atoms with E-state index in [1.807, 2.05) is 0 Å². The van der Waals surface area contributed by atoms with Crippen LogP contribution in [0.4, 0.5) is 0 Å². The second-order valence-corrected chi connectivity index (χ2v) is 6.76. The van der Waals surface area contributed by atoms with E-state index < -0.39 is 9.84 Å². The molecule has 0 unspecified atom stereocenters. The van der Waals surface area contributed by atoms with Crippen molar-refractivity contribution in [2.24, 2.45) is 0 Å². The number of hydrogen-bond donors (Lipinski definition) is 1. The van der Waals surface area contributed by atoms with Crippen LogP contribution in [0, 0.1) is 0 Å². The average molecular weight is 267 g/mol. The minimum atomic E-state index is -3.02. The van der Waals surface area contributed by atoms with Crippen LogP contribution in [0.2, 0.25) is 0 Å². The summed E-state index contributed by atoms with van der Waals surface area (Å²) in [5.74, 6) is 0.544. The van der Waals surface area contributed by atoms with E-state index in [4.69, 9.17) is 4.74 Å². The minimum Gasteiger partial charge on any atom is -0.378 e. The van der Waals surface area contributed by atoms with Crippen molar-refractivity contribution in [2.45, 2.75) is 18.1 Å². The molecule has 0 saturated heterocycles. The molecule has 86 valence electrons. The lowest BCUT2D eigenvalue weighted by Crippen LogP contribution is -2.00. The maximum absolute atomic E-state index is 11.1. The van der Waals surface area contributed by atoms with Crippen LogP contribution in [0.15, 0.2) is 0 Å². The van der Waals surface area contributed by atoms with Gasteiger partial charge in [0, 0.05) is 24.0 Å². The van der Waals surface area contributed by atoms with Gasteiger partial charge in [0.15, 0.2) is 9.84 Å². The van der Waals surface area contributed by atoms with Gasteiger partial charge in [-0.3, -0.25) is 0 Å². The molecule has 4 nitrogen and oxygen atoms in total. The molecule has 1 aromatic heterocycles. The SMILES string of the molecule is COCc1nc(CS(C)(=O)=O)sc1CS. The Labute approximate surface area is 99.0 Å². The summed E-state index contributed by atoms with van der Waals surface area (Å²) < 4.78 is 27.1. The fourth-order valence-electron chi connectivity index (χ4n) is 1.10. The number of ether oxygens (including phenoxy) is 1. The summed E-state index contributed by atoms with van der Waals surface area (Å²) >= 11 is 5.54. The topological polar surface area (TPSA) is 56.3 Å². The summed E-state index contributed by atoms with van der Waals surface area (Å²) in [6.07, 6.45) is 1.20. The zero-order valence-corrected chi connectivity index (χ0v) is 11.1. The van der Waals surface area contributed by atoms with Crippen molar-refractivity contribution in [3.8, 4) is 0 Å². The Kier molecular flexibility index (Phi) is 4.57. The van der Waals surface area contributed by atoms with E-state index >= 15 is 0 Å². The first-order valence-electron chi connectivity index (χ1n) is 4.21. The Balaban J connectivity index is 2.92. The van der Waals surface area contributed by atoms with Crippen LogP contribution in [0.25, 0.3) is 0 Å². The van der Waals surface area contributed by atoms with Crippen molar-refractivity contribution in [1.29, 1.82) is 0 Å². The first-order valence-corrected chi connectivity index (χ1v) is 7.72. The molecular formula is C8H13NO3S3. The highest BCUT2D eigenvalue weighted by Crippen LogP contribution is 2.22. The van der Waals surface area contributed by atoms with Gasteiger partial charge in [-0.25, -0.2) is 13.4 Å². The molecule has 0 bridgehead atoms. The largest absolute Gasteiger partial charge is 0.378 e. The summed E-state index contributed by atoms with van der Waals surface area (Å²) in [5, 5.41) is 0.605. The number of thiol groups is 1. The van der Waals surface area contributed by atoms with Crippen LogP contribution in [-0.4, -0.2) is 26.8 Å². The quantitative estimate of drug-likeness (QED) is 0.816. The normalized spacial score (nSPS) is 11.9. The summed E-state index contributed by atoms with van der Waals surface area (Å²) in [7, 11) is -1.44. The second kappa shape index (κ2) is 5.29. The highest BCUT2D eigenvalue weighted by Gasteiger charge is 2.13.